The lowest BCUT2D eigenvalue weighted by Gasteiger charge is -2.42. The van der Waals surface area contributed by atoms with Gasteiger partial charge >= 0.3 is 0 Å². The van der Waals surface area contributed by atoms with E-state index < -0.39 is 15.8 Å². The number of rotatable bonds is 6. The first-order valence-corrected chi connectivity index (χ1v) is 10.8. The summed E-state index contributed by atoms with van der Waals surface area (Å²) in [4.78, 5) is 16.6. The Balaban J connectivity index is 1.56. The maximum atomic E-state index is 12.9. The highest BCUT2D eigenvalue weighted by molar-refractivity contribution is 7.86. The molecule has 8 nitrogen and oxygen atoms in total. The van der Waals surface area contributed by atoms with Crippen molar-refractivity contribution in [3.63, 3.8) is 0 Å². The van der Waals surface area contributed by atoms with Crippen LogP contribution in [-0.4, -0.2) is 85.0 Å². The van der Waals surface area contributed by atoms with Gasteiger partial charge in [-0.05, 0) is 24.8 Å². The quantitative estimate of drug-likeness (QED) is 0.668. The molecule has 2 aliphatic rings. The maximum Gasteiger partial charge on any atom is 0.276 e. The van der Waals surface area contributed by atoms with Crippen molar-refractivity contribution in [2.45, 2.75) is 24.9 Å². The number of likely N-dealkylation sites (tertiary alicyclic amines) is 1. The molecule has 0 spiro atoms. The first-order valence-electron chi connectivity index (χ1n) is 9.34. The molecule has 0 aliphatic carbocycles. The number of nitrogens with two attached hydrogens (primary N) is 1. The highest BCUT2D eigenvalue weighted by Gasteiger charge is 2.43. The summed E-state index contributed by atoms with van der Waals surface area (Å²) >= 11 is 0. The third kappa shape index (κ3) is 5.05. The monoisotopic (exact) mass is 396 g/mol. The molecule has 9 heteroatoms. The van der Waals surface area contributed by atoms with Crippen LogP contribution in [0.5, 0.6) is 0 Å². The molecule has 3 rings (SSSR count). The first kappa shape index (κ1) is 20.2. The normalized spacial score (nSPS) is 25.7. The number of aliphatic hydroxyl groups is 1. The van der Waals surface area contributed by atoms with Gasteiger partial charge < -0.3 is 10.0 Å². The minimum atomic E-state index is -3.68. The number of hydrogen-bond donors (Lipinski definition) is 2. The van der Waals surface area contributed by atoms with Gasteiger partial charge in [0.15, 0.2) is 5.60 Å². The smallest absolute Gasteiger partial charge is 0.276 e. The second-order valence-corrected chi connectivity index (χ2v) is 8.93. The van der Waals surface area contributed by atoms with Crippen LogP contribution < -0.4 is 5.14 Å². The molecule has 1 amide bonds. The lowest BCUT2D eigenvalue weighted by Crippen LogP contribution is -2.61. The van der Waals surface area contributed by atoms with E-state index in [-0.39, 0.29) is 25.5 Å². The molecule has 1 atom stereocenters. The Hall–Kier alpha value is -1.52. The van der Waals surface area contributed by atoms with E-state index in [1.807, 2.05) is 35.2 Å². The van der Waals surface area contributed by atoms with Crippen molar-refractivity contribution in [1.29, 1.82) is 0 Å². The van der Waals surface area contributed by atoms with Crippen molar-refractivity contribution >= 4 is 16.1 Å². The molecule has 0 radical (unpaired) electrons. The average Bonchev–Trinajstić information content (AvgIpc) is 2.64. The number of carbonyl (C=O) groups excluding carboxylic acids is 1. The molecule has 1 aromatic carbocycles. The zero-order chi connectivity index (χ0) is 19.5. The molecule has 0 aromatic heterocycles. The molecule has 0 bridgehead atoms. The lowest BCUT2D eigenvalue weighted by molar-refractivity contribution is -0.159. The Bertz CT molecular complexity index is 750. The van der Waals surface area contributed by atoms with Gasteiger partial charge in [-0.15, -0.1) is 0 Å². The topological polar surface area (TPSA) is 107 Å². The van der Waals surface area contributed by atoms with Crippen LogP contribution >= 0.6 is 0 Å². The summed E-state index contributed by atoms with van der Waals surface area (Å²) in [6.45, 7) is 2.94. The third-order valence-corrected chi connectivity index (χ3v) is 6.48. The van der Waals surface area contributed by atoms with Crippen LogP contribution in [0.2, 0.25) is 0 Å². The SMILES string of the molecule is NS(=O)(=O)N1CCN(C[C@]2(O)CCCN(CCc3ccccc3)C2=O)CC1. The van der Waals surface area contributed by atoms with E-state index in [0.717, 1.165) is 12.8 Å². The number of hydrogen-bond acceptors (Lipinski definition) is 5. The van der Waals surface area contributed by atoms with Crippen LogP contribution in [0.1, 0.15) is 18.4 Å². The molecule has 2 aliphatic heterocycles. The van der Waals surface area contributed by atoms with Crippen LogP contribution in [0.4, 0.5) is 0 Å². The predicted molar refractivity (Wildman–Crippen MR) is 102 cm³/mol. The van der Waals surface area contributed by atoms with Crippen molar-refractivity contribution in [3.05, 3.63) is 35.9 Å². The van der Waals surface area contributed by atoms with Gasteiger partial charge in [-0.3, -0.25) is 9.69 Å². The van der Waals surface area contributed by atoms with Gasteiger partial charge in [-0.1, -0.05) is 30.3 Å². The number of amides is 1. The zero-order valence-corrected chi connectivity index (χ0v) is 16.3. The molecule has 150 valence electrons. The highest BCUT2D eigenvalue weighted by atomic mass is 32.2. The second kappa shape index (κ2) is 8.24. The zero-order valence-electron chi connectivity index (χ0n) is 15.5. The Morgan fingerprint density at radius 2 is 1.74 bits per heavy atom. The fraction of sp³-hybridized carbons (Fsp3) is 0.611. The minimum Gasteiger partial charge on any atom is -0.379 e. The molecule has 2 saturated heterocycles. The van der Waals surface area contributed by atoms with Crippen LogP contribution in [0.25, 0.3) is 0 Å². The largest absolute Gasteiger partial charge is 0.379 e. The van der Waals surface area contributed by atoms with Crippen LogP contribution in [-0.2, 0) is 21.4 Å². The molecular formula is C18H28N4O4S. The van der Waals surface area contributed by atoms with Crippen molar-refractivity contribution in [3.8, 4) is 0 Å². The van der Waals surface area contributed by atoms with Crippen molar-refractivity contribution in [2.75, 3.05) is 45.8 Å². The third-order valence-electron chi connectivity index (χ3n) is 5.39. The summed E-state index contributed by atoms with van der Waals surface area (Å²) in [7, 11) is -3.68. The van der Waals surface area contributed by atoms with E-state index in [2.05, 4.69) is 0 Å². The van der Waals surface area contributed by atoms with Crippen LogP contribution in [0.15, 0.2) is 30.3 Å². The van der Waals surface area contributed by atoms with E-state index in [0.29, 0.717) is 32.6 Å². The number of benzene rings is 1. The van der Waals surface area contributed by atoms with Gasteiger partial charge in [0.2, 0.25) is 0 Å². The summed E-state index contributed by atoms with van der Waals surface area (Å²) in [6.07, 6.45) is 1.95. The van der Waals surface area contributed by atoms with Crippen molar-refractivity contribution in [2.24, 2.45) is 5.14 Å². The van der Waals surface area contributed by atoms with Crippen LogP contribution in [0.3, 0.4) is 0 Å². The Kier molecular flexibility index (Phi) is 6.17. The molecule has 3 N–H and O–H groups in total. The summed E-state index contributed by atoms with van der Waals surface area (Å²) in [6, 6.07) is 9.98. The van der Waals surface area contributed by atoms with Crippen LogP contribution in [0, 0.1) is 0 Å². The highest BCUT2D eigenvalue weighted by Crippen LogP contribution is 2.25. The Labute approximate surface area is 160 Å². The summed E-state index contributed by atoms with van der Waals surface area (Å²) in [5, 5.41) is 16.2. The number of β-amino-alcohol motifs (C(OH)–C–C–N with tert-alkyl or cyclic N) is 1. The fourth-order valence-corrected chi connectivity index (χ4v) is 4.52. The maximum absolute atomic E-state index is 12.9. The number of piperidine rings is 1. The predicted octanol–water partition coefficient (Wildman–Crippen LogP) is -0.596. The molecule has 0 saturated carbocycles. The minimum absolute atomic E-state index is 0.224. The van der Waals surface area contributed by atoms with Gasteiger partial charge in [0.05, 0.1) is 0 Å². The van der Waals surface area contributed by atoms with Gasteiger partial charge in [0.1, 0.15) is 0 Å². The molecule has 2 fully saturated rings. The van der Waals surface area contributed by atoms with E-state index in [1.165, 1.54) is 9.87 Å². The second-order valence-electron chi connectivity index (χ2n) is 7.38. The van der Waals surface area contributed by atoms with Crippen molar-refractivity contribution in [1.82, 2.24) is 14.1 Å². The molecule has 0 unspecified atom stereocenters. The molecule has 1 aromatic rings. The van der Waals surface area contributed by atoms with E-state index in [9.17, 15) is 18.3 Å². The Morgan fingerprint density at radius 3 is 2.37 bits per heavy atom. The summed E-state index contributed by atoms with van der Waals surface area (Å²) in [5.41, 5.74) is -0.239. The lowest BCUT2D eigenvalue weighted by atomic mass is 9.90. The fourth-order valence-electron chi connectivity index (χ4n) is 3.85. The standard InChI is InChI=1S/C18H28N4O4S/c19-27(25,26)22-13-11-20(12-14-22)15-18(24)8-4-9-21(17(18)23)10-7-16-5-2-1-3-6-16/h1-3,5-6,24H,4,7-15H2,(H2,19,25,26)/t18-/m1/s1. The molecule has 27 heavy (non-hydrogen) atoms. The van der Waals surface area contributed by atoms with Gasteiger partial charge in [-0.2, -0.15) is 12.7 Å². The average molecular weight is 397 g/mol. The summed E-state index contributed by atoms with van der Waals surface area (Å²) in [5.74, 6) is -0.224. The summed E-state index contributed by atoms with van der Waals surface area (Å²) < 4.78 is 24.0. The van der Waals surface area contributed by atoms with Gasteiger partial charge in [0.25, 0.3) is 16.1 Å². The number of carbonyl (C=O) groups is 1. The first-order chi connectivity index (χ1) is 12.8. The van der Waals surface area contributed by atoms with Gasteiger partial charge in [-0.25, -0.2) is 5.14 Å². The molecule has 2 heterocycles. The number of nitrogens with zero attached hydrogens (tertiary/aromatic N) is 3. The van der Waals surface area contributed by atoms with Crippen molar-refractivity contribution < 1.29 is 18.3 Å². The molecular weight excluding hydrogens is 368 g/mol. The Morgan fingerprint density at radius 1 is 1.07 bits per heavy atom. The van der Waals surface area contributed by atoms with E-state index >= 15 is 0 Å². The van der Waals surface area contributed by atoms with E-state index in [4.69, 9.17) is 5.14 Å². The van der Waals surface area contributed by atoms with Gasteiger partial charge in [0, 0.05) is 45.8 Å². The van der Waals surface area contributed by atoms with E-state index in [1.54, 1.807) is 4.90 Å². The number of piperazine rings is 1.